The van der Waals surface area contributed by atoms with Gasteiger partial charge in [0.1, 0.15) is 17.5 Å². The van der Waals surface area contributed by atoms with Crippen molar-refractivity contribution in [2.45, 2.75) is 12.5 Å². The minimum absolute atomic E-state index is 0.139. The summed E-state index contributed by atoms with van der Waals surface area (Å²) in [6.45, 7) is 0. The van der Waals surface area contributed by atoms with Crippen LogP contribution in [0.5, 0.6) is 11.5 Å². The monoisotopic (exact) mass is 249 g/mol. The summed E-state index contributed by atoms with van der Waals surface area (Å²) in [5.74, 6) is 2.39. The third kappa shape index (κ3) is 2.93. The molecule has 0 aliphatic rings. The van der Waals surface area contributed by atoms with Crippen molar-refractivity contribution in [2.24, 2.45) is 5.73 Å². The topological polar surface area (TPSA) is 81.8 Å². The molecule has 0 radical (unpaired) electrons. The first-order valence-corrected chi connectivity index (χ1v) is 5.23. The van der Waals surface area contributed by atoms with E-state index in [0.717, 1.165) is 0 Å². The van der Waals surface area contributed by atoms with E-state index in [0.29, 0.717) is 22.6 Å². The summed E-state index contributed by atoms with van der Waals surface area (Å²) < 4.78 is 10.3. The van der Waals surface area contributed by atoms with Gasteiger partial charge in [0.05, 0.1) is 19.8 Å². The molecule has 0 fully saturated rings. The van der Waals surface area contributed by atoms with Gasteiger partial charge in [0.25, 0.3) is 0 Å². The second-order valence-electron chi connectivity index (χ2n) is 3.66. The van der Waals surface area contributed by atoms with Crippen LogP contribution in [0.15, 0.2) is 12.1 Å². The Morgan fingerprint density at radius 1 is 1.44 bits per heavy atom. The number of hydrogen-bond donors (Lipinski definition) is 2. The number of nitrogens with two attached hydrogens (primary N) is 1. The van der Waals surface area contributed by atoms with Crippen molar-refractivity contribution in [3.8, 4) is 23.8 Å². The van der Waals surface area contributed by atoms with E-state index >= 15 is 0 Å². The lowest BCUT2D eigenvalue weighted by Crippen LogP contribution is -2.32. The molecule has 3 N–H and O–H groups in total. The lowest BCUT2D eigenvalue weighted by atomic mass is 10.0. The average molecular weight is 249 g/mol. The molecule has 1 rings (SSSR count). The average Bonchev–Trinajstić information content (AvgIpc) is 2.37. The SMILES string of the molecule is C#Cc1cc(OC)c(C[C@H](N)C(=O)O)cc1OC. The zero-order chi connectivity index (χ0) is 13.7. The number of terminal acetylenes is 1. The zero-order valence-electron chi connectivity index (χ0n) is 10.3. The smallest absolute Gasteiger partial charge is 0.320 e. The lowest BCUT2D eigenvalue weighted by Gasteiger charge is -2.14. The molecule has 96 valence electrons. The van der Waals surface area contributed by atoms with Crippen LogP contribution in [-0.2, 0) is 11.2 Å². The highest BCUT2D eigenvalue weighted by molar-refractivity contribution is 5.73. The van der Waals surface area contributed by atoms with Crippen molar-refractivity contribution in [1.29, 1.82) is 0 Å². The van der Waals surface area contributed by atoms with E-state index in [1.54, 1.807) is 12.1 Å². The molecule has 0 aromatic heterocycles. The number of ether oxygens (including phenoxy) is 2. The summed E-state index contributed by atoms with van der Waals surface area (Å²) in [7, 11) is 2.97. The van der Waals surface area contributed by atoms with Crippen LogP contribution >= 0.6 is 0 Å². The molecule has 0 aliphatic heterocycles. The molecule has 1 aromatic carbocycles. The lowest BCUT2D eigenvalue weighted by molar-refractivity contribution is -0.138. The molecular weight excluding hydrogens is 234 g/mol. The van der Waals surface area contributed by atoms with Gasteiger partial charge in [-0.1, -0.05) is 5.92 Å². The first-order chi connectivity index (χ1) is 8.53. The number of methoxy groups -OCH3 is 2. The first-order valence-electron chi connectivity index (χ1n) is 5.23. The van der Waals surface area contributed by atoms with Gasteiger partial charge in [-0.2, -0.15) is 0 Å². The number of carbonyl (C=O) groups is 1. The summed E-state index contributed by atoms with van der Waals surface area (Å²) in [5, 5.41) is 8.80. The van der Waals surface area contributed by atoms with Crippen molar-refractivity contribution in [2.75, 3.05) is 14.2 Å². The maximum absolute atomic E-state index is 10.8. The third-order valence-corrected chi connectivity index (χ3v) is 2.52. The number of benzene rings is 1. The van der Waals surface area contributed by atoms with Crippen LogP contribution in [0.25, 0.3) is 0 Å². The Bertz CT molecular complexity index is 490. The molecule has 0 unspecified atom stereocenters. The molecule has 0 saturated carbocycles. The summed E-state index contributed by atoms with van der Waals surface area (Å²) in [6.07, 6.45) is 5.48. The first kappa shape index (κ1) is 13.9. The Labute approximate surface area is 106 Å². The molecular formula is C13H15NO4. The number of rotatable bonds is 5. The standard InChI is InChI=1S/C13H15NO4/c1-4-8-6-12(18-3)9(7-11(8)17-2)5-10(14)13(15)16/h1,6-7,10H,5,14H2,2-3H3,(H,15,16)/t10-/m0/s1. The number of carboxylic acids is 1. The zero-order valence-corrected chi connectivity index (χ0v) is 10.3. The van der Waals surface area contributed by atoms with Crippen LogP contribution in [0.2, 0.25) is 0 Å². The van der Waals surface area contributed by atoms with E-state index in [1.807, 2.05) is 0 Å². The predicted octanol–water partition coefficient (Wildman–Crippen LogP) is 0.639. The van der Waals surface area contributed by atoms with Gasteiger partial charge in [-0.05, 0) is 17.7 Å². The molecule has 0 spiro atoms. The van der Waals surface area contributed by atoms with E-state index in [9.17, 15) is 4.79 Å². The molecule has 1 atom stereocenters. The van der Waals surface area contributed by atoms with Crippen molar-refractivity contribution in [3.05, 3.63) is 23.3 Å². The summed E-state index contributed by atoms with van der Waals surface area (Å²) in [6, 6.07) is 2.28. The predicted molar refractivity (Wildman–Crippen MR) is 66.8 cm³/mol. The highest BCUT2D eigenvalue weighted by atomic mass is 16.5. The fourth-order valence-electron chi connectivity index (χ4n) is 1.56. The van der Waals surface area contributed by atoms with Crippen molar-refractivity contribution in [3.63, 3.8) is 0 Å². The molecule has 5 heteroatoms. The molecule has 0 amide bonds. The summed E-state index contributed by atoms with van der Waals surface area (Å²) in [4.78, 5) is 10.8. The largest absolute Gasteiger partial charge is 0.496 e. The molecule has 0 heterocycles. The molecule has 0 saturated heterocycles. The van der Waals surface area contributed by atoms with Gasteiger partial charge in [-0.25, -0.2) is 0 Å². The highest BCUT2D eigenvalue weighted by Gasteiger charge is 2.17. The van der Waals surface area contributed by atoms with Crippen molar-refractivity contribution in [1.82, 2.24) is 0 Å². The number of carboxylic acid groups (broad SMARTS) is 1. The maximum Gasteiger partial charge on any atom is 0.320 e. The molecule has 0 bridgehead atoms. The highest BCUT2D eigenvalue weighted by Crippen LogP contribution is 2.29. The third-order valence-electron chi connectivity index (χ3n) is 2.52. The van der Waals surface area contributed by atoms with Gasteiger partial charge in [0.2, 0.25) is 0 Å². The van der Waals surface area contributed by atoms with Crippen LogP contribution in [0.3, 0.4) is 0 Å². The van der Waals surface area contributed by atoms with Crippen LogP contribution in [-0.4, -0.2) is 31.3 Å². The normalized spacial score (nSPS) is 11.4. The van der Waals surface area contributed by atoms with E-state index in [-0.39, 0.29) is 6.42 Å². The summed E-state index contributed by atoms with van der Waals surface area (Å²) in [5.41, 5.74) is 6.68. The van der Waals surface area contributed by atoms with Gasteiger partial charge in [-0.3, -0.25) is 4.79 Å². The van der Waals surface area contributed by atoms with Gasteiger partial charge in [-0.15, -0.1) is 6.42 Å². The minimum Gasteiger partial charge on any atom is -0.496 e. The van der Waals surface area contributed by atoms with Crippen LogP contribution < -0.4 is 15.2 Å². The molecule has 1 aromatic rings. The molecule has 18 heavy (non-hydrogen) atoms. The Balaban J connectivity index is 3.18. The number of aliphatic carboxylic acids is 1. The van der Waals surface area contributed by atoms with E-state index in [4.69, 9.17) is 26.7 Å². The Kier molecular flexibility index (Phi) is 4.58. The number of hydrogen-bond acceptors (Lipinski definition) is 4. The fraction of sp³-hybridized carbons (Fsp3) is 0.308. The van der Waals surface area contributed by atoms with E-state index in [1.165, 1.54) is 14.2 Å². The fourth-order valence-corrected chi connectivity index (χ4v) is 1.56. The van der Waals surface area contributed by atoms with E-state index in [2.05, 4.69) is 5.92 Å². The Morgan fingerprint density at radius 2 is 2.06 bits per heavy atom. The Hall–Kier alpha value is -2.19. The van der Waals surface area contributed by atoms with E-state index < -0.39 is 12.0 Å². The Morgan fingerprint density at radius 3 is 2.50 bits per heavy atom. The molecule has 0 aliphatic carbocycles. The summed E-state index contributed by atoms with van der Waals surface area (Å²) >= 11 is 0. The second kappa shape index (κ2) is 5.94. The second-order valence-corrected chi connectivity index (χ2v) is 3.66. The van der Waals surface area contributed by atoms with Crippen LogP contribution in [0, 0.1) is 12.3 Å². The van der Waals surface area contributed by atoms with Crippen LogP contribution in [0.1, 0.15) is 11.1 Å². The van der Waals surface area contributed by atoms with Gasteiger partial charge in [0.15, 0.2) is 0 Å². The quantitative estimate of drug-likeness (QED) is 0.748. The molecule has 5 nitrogen and oxygen atoms in total. The van der Waals surface area contributed by atoms with Gasteiger partial charge in [0, 0.05) is 6.42 Å². The maximum atomic E-state index is 10.8. The van der Waals surface area contributed by atoms with Crippen molar-refractivity contribution >= 4 is 5.97 Å². The minimum atomic E-state index is -1.07. The van der Waals surface area contributed by atoms with Crippen molar-refractivity contribution < 1.29 is 19.4 Å². The van der Waals surface area contributed by atoms with Crippen LogP contribution in [0.4, 0.5) is 0 Å². The van der Waals surface area contributed by atoms with Gasteiger partial charge < -0.3 is 20.3 Å². The van der Waals surface area contributed by atoms with Gasteiger partial charge >= 0.3 is 5.97 Å².